The number of hydrogen-bond donors (Lipinski definition) is 3. The van der Waals surface area contributed by atoms with E-state index in [4.69, 9.17) is 4.43 Å². The Kier molecular flexibility index (Phi) is 14.9. The van der Waals surface area contributed by atoms with Gasteiger partial charge in [-0.2, -0.15) is 0 Å². The Morgan fingerprint density at radius 3 is 1.70 bits per heavy atom. The molecule has 0 bridgehead atoms. The number of ketones is 1. The van der Waals surface area contributed by atoms with Gasteiger partial charge in [0, 0.05) is 25.8 Å². The van der Waals surface area contributed by atoms with Crippen LogP contribution in [0.5, 0.6) is 0 Å². The van der Waals surface area contributed by atoms with E-state index in [1.165, 1.54) is 0 Å². The molecule has 4 aromatic rings. The molecule has 2 saturated heterocycles. The van der Waals surface area contributed by atoms with E-state index in [0.29, 0.717) is 51.5 Å². The summed E-state index contributed by atoms with van der Waals surface area (Å²) in [6, 6.07) is 35.8. The van der Waals surface area contributed by atoms with Crippen molar-refractivity contribution in [2.75, 3.05) is 6.54 Å². The molecule has 2 aliphatic heterocycles. The lowest BCUT2D eigenvalue weighted by Crippen LogP contribution is -2.68. The lowest BCUT2D eigenvalue weighted by Gasteiger charge is -2.44. The van der Waals surface area contributed by atoms with Crippen LogP contribution in [-0.4, -0.2) is 79.4 Å². The van der Waals surface area contributed by atoms with Crippen LogP contribution in [0.2, 0.25) is 5.04 Å². The Bertz CT molecular complexity index is 2020. The van der Waals surface area contributed by atoms with Gasteiger partial charge in [-0.15, -0.1) is 0 Å². The van der Waals surface area contributed by atoms with Crippen LogP contribution < -0.4 is 26.3 Å². The van der Waals surface area contributed by atoms with Crippen molar-refractivity contribution >= 4 is 48.1 Å². The standard InChI is InChI=1S/C49H60N4O6Si/c1-35(59-60(49(2,3)4,38-25-14-7-15-26-38)39-27-16-8-17-28-39)44(54)31-19-9-18-29-40-45(55)51-41(33-36-21-10-5-11-22-36)46(56)52-42(34-37-23-12-6-13-24-37)48(58)53-32-20-30-43(53)47(57)50-40/h5-8,10-17,21-28,35,40-43H,9,18-20,29-34H2,1-4H3,(H,50,57)(H,51,55)(H,52,56)/t35-,40-,41-,42-,43+/m0/s1. The van der Waals surface area contributed by atoms with Gasteiger partial charge in [-0.3, -0.25) is 24.0 Å². The first-order chi connectivity index (χ1) is 28.9. The summed E-state index contributed by atoms with van der Waals surface area (Å²) in [5.41, 5.74) is 1.71. The topological polar surface area (TPSA) is 134 Å². The molecule has 11 heteroatoms. The molecule has 0 radical (unpaired) electrons. The number of carbonyl (C=O) groups is 5. The minimum Gasteiger partial charge on any atom is -0.398 e. The summed E-state index contributed by atoms with van der Waals surface area (Å²) in [6.07, 6.45) is 3.30. The second-order valence-electron chi connectivity index (χ2n) is 17.2. The normalized spacial score (nSPS) is 20.8. The van der Waals surface area contributed by atoms with E-state index in [1.54, 1.807) is 4.90 Å². The minimum absolute atomic E-state index is 0.0198. The van der Waals surface area contributed by atoms with E-state index in [1.807, 2.05) is 104 Å². The second kappa shape index (κ2) is 20.2. The molecule has 0 spiro atoms. The number of benzene rings is 4. The molecule has 0 saturated carbocycles. The predicted molar refractivity (Wildman–Crippen MR) is 237 cm³/mol. The van der Waals surface area contributed by atoms with Crippen LogP contribution in [0.15, 0.2) is 121 Å². The average molecular weight is 829 g/mol. The van der Waals surface area contributed by atoms with E-state index < -0.39 is 50.4 Å². The van der Waals surface area contributed by atoms with E-state index >= 15 is 0 Å². The number of rotatable bonds is 15. The van der Waals surface area contributed by atoms with Crippen molar-refractivity contribution < 1.29 is 28.4 Å². The average Bonchev–Trinajstić information content (AvgIpc) is 3.75. The van der Waals surface area contributed by atoms with Crippen LogP contribution >= 0.6 is 0 Å². The van der Waals surface area contributed by atoms with E-state index in [9.17, 15) is 24.0 Å². The van der Waals surface area contributed by atoms with Gasteiger partial charge < -0.3 is 25.3 Å². The number of amides is 4. The maximum Gasteiger partial charge on any atom is 0.262 e. The van der Waals surface area contributed by atoms with Crippen molar-refractivity contribution in [3.05, 3.63) is 132 Å². The fraction of sp³-hybridized carbons (Fsp3) is 0.408. The molecule has 10 nitrogen and oxygen atoms in total. The van der Waals surface area contributed by atoms with Crippen LogP contribution in [0, 0.1) is 0 Å². The van der Waals surface area contributed by atoms with E-state index in [-0.39, 0.29) is 35.5 Å². The number of carbonyl (C=O) groups excluding carboxylic acids is 5. The molecule has 2 aliphatic rings. The first kappa shape index (κ1) is 44.2. The first-order valence-electron chi connectivity index (χ1n) is 21.5. The van der Waals surface area contributed by atoms with Crippen molar-refractivity contribution in [3.63, 3.8) is 0 Å². The van der Waals surface area contributed by atoms with Gasteiger partial charge in [0.25, 0.3) is 8.32 Å². The highest BCUT2D eigenvalue weighted by Crippen LogP contribution is 2.37. The summed E-state index contributed by atoms with van der Waals surface area (Å²) in [5, 5.41) is 10.8. The Morgan fingerprint density at radius 2 is 1.15 bits per heavy atom. The van der Waals surface area contributed by atoms with Gasteiger partial charge in [-0.05, 0) is 59.1 Å². The zero-order valence-electron chi connectivity index (χ0n) is 35.4. The van der Waals surface area contributed by atoms with Crippen LogP contribution in [0.3, 0.4) is 0 Å². The number of hydrogen-bond acceptors (Lipinski definition) is 6. The molecule has 0 aromatic heterocycles. The summed E-state index contributed by atoms with van der Waals surface area (Å²) in [6.45, 7) is 8.81. The molecular weight excluding hydrogens is 769 g/mol. The maximum atomic E-state index is 14.2. The quantitative estimate of drug-likeness (QED) is 0.108. The van der Waals surface area contributed by atoms with Crippen molar-refractivity contribution in [2.24, 2.45) is 0 Å². The van der Waals surface area contributed by atoms with Gasteiger partial charge >= 0.3 is 0 Å². The molecule has 2 fully saturated rings. The van der Waals surface area contributed by atoms with Gasteiger partial charge in [0.1, 0.15) is 30.3 Å². The number of nitrogens with zero attached hydrogens (tertiary/aromatic N) is 1. The van der Waals surface area contributed by atoms with Gasteiger partial charge in [0.15, 0.2) is 5.78 Å². The summed E-state index contributed by atoms with van der Waals surface area (Å²) in [7, 11) is -2.92. The molecule has 4 amide bonds. The predicted octanol–water partition coefficient (Wildman–Crippen LogP) is 5.42. The van der Waals surface area contributed by atoms with E-state index in [0.717, 1.165) is 21.5 Å². The Balaban J connectivity index is 1.14. The van der Waals surface area contributed by atoms with Gasteiger partial charge in [-0.25, -0.2) is 0 Å². The third kappa shape index (κ3) is 10.7. The number of Topliss-reactive ketones (excluding diaryl/α,β-unsaturated/α-hetero) is 1. The Morgan fingerprint density at radius 1 is 0.667 bits per heavy atom. The highest BCUT2D eigenvalue weighted by molar-refractivity contribution is 6.99. The molecule has 0 unspecified atom stereocenters. The molecule has 4 aromatic carbocycles. The zero-order valence-corrected chi connectivity index (χ0v) is 36.4. The first-order valence-corrected chi connectivity index (χ1v) is 23.4. The monoisotopic (exact) mass is 828 g/mol. The van der Waals surface area contributed by atoms with Crippen LogP contribution in [0.25, 0.3) is 0 Å². The van der Waals surface area contributed by atoms with Crippen LogP contribution in [0.4, 0.5) is 0 Å². The molecule has 316 valence electrons. The van der Waals surface area contributed by atoms with Crippen LogP contribution in [-0.2, 0) is 41.2 Å². The molecule has 2 heterocycles. The van der Waals surface area contributed by atoms with Crippen molar-refractivity contribution in [1.82, 2.24) is 20.9 Å². The number of nitrogens with one attached hydrogen (secondary N) is 3. The van der Waals surface area contributed by atoms with Gasteiger partial charge in [-0.1, -0.05) is 155 Å². The SMILES string of the molecule is C[C@H](O[Si](c1ccccc1)(c1ccccc1)C(C)(C)C)C(=O)CCCCC[C@@H]1NC(=O)[C@H]2CCCN2C(=O)[C@H](Cc2ccccc2)NC(=O)[C@H](Cc2ccccc2)NC1=O. The molecule has 0 aliphatic carbocycles. The molecule has 5 atom stereocenters. The third-order valence-corrected chi connectivity index (χ3v) is 17.0. The van der Waals surface area contributed by atoms with Gasteiger partial charge in [0.2, 0.25) is 23.6 Å². The largest absolute Gasteiger partial charge is 0.398 e. The fourth-order valence-corrected chi connectivity index (χ4v) is 13.4. The highest BCUT2D eigenvalue weighted by atomic mass is 28.4. The summed E-state index contributed by atoms with van der Waals surface area (Å²) >= 11 is 0. The maximum absolute atomic E-state index is 14.2. The summed E-state index contributed by atoms with van der Waals surface area (Å²) in [5.74, 6) is -1.60. The Hall–Kier alpha value is -5.39. The molecule has 60 heavy (non-hydrogen) atoms. The molecule has 6 rings (SSSR count). The Labute approximate surface area is 356 Å². The zero-order chi connectivity index (χ0) is 42.7. The van der Waals surface area contributed by atoms with Crippen molar-refractivity contribution in [2.45, 2.75) is 121 Å². The highest BCUT2D eigenvalue weighted by Gasteiger charge is 2.51. The van der Waals surface area contributed by atoms with Crippen LogP contribution in [0.1, 0.15) is 83.8 Å². The van der Waals surface area contributed by atoms with Crippen molar-refractivity contribution in [1.29, 1.82) is 0 Å². The van der Waals surface area contributed by atoms with E-state index in [2.05, 4.69) is 61.0 Å². The third-order valence-electron chi connectivity index (χ3n) is 11.9. The summed E-state index contributed by atoms with van der Waals surface area (Å²) < 4.78 is 7.05. The second-order valence-corrected chi connectivity index (χ2v) is 21.5. The number of unbranched alkanes of at least 4 members (excludes halogenated alkanes) is 2. The minimum atomic E-state index is -2.92. The summed E-state index contributed by atoms with van der Waals surface area (Å²) in [4.78, 5) is 71.6. The lowest BCUT2D eigenvalue weighted by atomic mass is 10.00. The number of fused-ring (bicyclic) bond motifs is 1. The van der Waals surface area contributed by atoms with Gasteiger partial charge in [0.05, 0.1) is 0 Å². The fourth-order valence-electron chi connectivity index (χ4n) is 8.74. The molecule has 3 N–H and O–H groups in total. The smallest absolute Gasteiger partial charge is 0.262 e. The van der Waals surface area contributed by atoms with Crippen molar-refractivity contribution in [3.8, 4) is 0 Å². The lowest BCUT2D eigenvalue weighted by molar-refractivity contribution is -0.143. The molecular formula is C49H60N4O6Si.